The fraction of sp³-hybridized carbons (Fsp3) is 0.500. The molecule has 33 heavy (non-hydrogen) atoms. The number of thioether (sulfide) groups is 1. The van der Waals surface area contributed by atoms with Gasteiger partial charge in [0.1, 0.15) is 5.69 Å². The Balaban J connectivity index is 2.12. The summed E-state index contributed by atoms with van der Waals surface area (Å²) in [6, 6.07) is 5.58. The van der Waals surface area contributed by atoms with Crippen LogP contribution in [0.3, 0.4) is 0 Å². The molecule has 1 amide bonds. The third-order valence-corrected chi connectivity index (χ3v) is 5.72. The molecule has 0 aliphatic carbocycles. The summed E-state index contributed by atoms with van der Waals surface area (Å²) >= 11 is 0.858. The molecular formula is C22H29F3N4O3S. The van der Waals surface area contributed by atoms with Crippen molar-refractivity contribution in [1.82, 2.24) is 20.2 Å². The lowest BCUT2D eigenvalue weighted by atomic mass is 10.1. The van der Waals surface area contributed by atoms with Crippen molar-refractivity contribution in [3.05, 3.63) is 30.0 Å². The zero-order valence-corrected chi connectivity index (χ0v) is 20.0. The number of halogens is 3. The van der Waals surface area contributed by atoms with Gasteiger partial charge in [-0.1, -0.05) is 25.6 Å². The molecule has 182 valence electrons. The van der Waals surface area contributed by atoms with Gasteiger partial charge in [-0.25, -0.2) is 9.97 Å². The number of aromatic nitrogens is 2. The van der Waals surface area contributed by atoms with Crippen LogP contribution in [-0.2, 0) is 11.0 Å². The molecule has 0 unspecified atom stereocenters. The predicted molar refractivity (Wildman–Crippen MR) is 122 cm³/mol. The highest BCUT2D eigenvalue weighted by Crippen LogP contribution is 2.35. The third kappa shape index (κ3) is 8.08. The van der Waals surface area contributed by atoms with Crippen LogP contribution in [0.5, 0.6) is 11.5 Å². The quantitative estimate of drug-likeness (QED) is 0.275. The maximum Gasteiger partial charge on any atom is 0.433 e. The van der Waals surface area contributed by atoms with Crippen LogP contribution in [0.4, 0.5) is 13.2 Å². The van der Waals surface area contributed by atoms with Crippen molar-refractivity contribution in [3.8, 4) is 22.8 Å². The van der Waals surface area contributed by atoms with Gasteiger partial charge in [-0.3, -0.25) is 4.79 Å². The van der Waals surface area contributed by atoms with E-state index in [0.717, 1.165) is 43.9 Å². The van der Waals surface area contributed by atoms with Gasteiger partial charge in [0.2, 0.25) is 5.91 Å². The number of ether oxygens (including phenoxy) is 2. The van der Waals surface area contributed by atoms with Crippen molar-refractivity contribution >= 4 is 17.7 Å². The number of nitrogens with zero attached hydrogens (tertiary/aromatic N) is 3. The van der Waals surface area contributed by atoms with E-state index in [4.69, 9.17) is 9.47 Å². The number of hydrogen-bond donors (Lipinski definition) is 1. The smallest absolute Gasteiger partial charge is 0.433 e. The number of alkyl halides is 3. The highest BCUT2D eigenvalue weighted by molar-refractivity contribution is 7.99. The molecule has 0 bridgehead atoms. The van der Waals surface area contributed by atoms with Crippen LogP contribution in [0, 0.1) is 0 Å². The second-order valence-corrected chi connectivity index (χ2v) is 7.95. The summed E-state index contributed by atoms with van der Waals surface area (Å²) in [5, 5.41) is 2.65. The Morgan fingerprint density at radius 2 is 1.79 bits per heavy atom. The van der Waals surface area contributed by atoms with Crippen molar-refractivity contribution < 1.29 is 27.4 Å². The van der Waals surface area contributed by atoms with Crippen LogP contribution >= 0.6 is 11.8 Å². The predicted octanol–water partition coefficient (Wildman–Crippen LogP) is 4.12. The van der Waals surface area contributed by atoms with Crippen molar-refractivity contribution in [3.63, 3.8) is 0 Å². The first kappa shape index (κ1) is 26.7. The van der Waals surface area contributed by atoms with Gasteiger partial charge in [0.05, 0.1) is 25.7 Å². The van der Waals surface area contributed by atoms with E-state index in [1.54, 1.807) is 18.2 Å². The Morgan fingerprint density at radius 3 is 2.39 bits per heavy atom. The molecule has 0 aliphatic heterocycles. The van der Waals surface area contributed by atoms with Gasteiger partial charge < -0.3 is 19.7 Å². The number of rotatable bonds is 12. The van der Waals surface area contributed by atoms with Gasteiger partial charge in [-0.15, -0.1) is 0 Å². The standard InChI is InChI=1S/C22H29F3N4O3S/c1-5-29(6-2)11-7-10-26-20(30)14-33-21-27-16(13-19(28-21)22(23,24)25)15-8-9-17(31-3)18(12-15)32-4/h8-9,12-13H,5-7,10-11,14H2,1-4H3,(H,26,30). The molecule has 1 N–H and O–H groups in total. The molecule has 0 radical (unpaired) electrons. The first-order valence-corrected chi connectivity index (χ1v) is 11.5. The first-order valence-electron chi connectivity index (χ1n) is 10.5. The lowest BCUT2D eigenvalue weighted by Gasteiger charge is -2.17. The summed E-state index contributed by atoms with van der Waals surface area (Å²) in [4.78, 5) is 22.2. The topological polar surface area (TPSA) is 76.6 Å². The number of carbonyl (C=O) groups excluding carboxylic acids is 1. The molecule has 0 saturated carbocycles. The SMILES string of the molecule is CCN(CC)CCCNC(=O)CSc1nc(-c2ccc(OC)c(OC)c2)cc(C(F)(F)F)n1. The van der Waals surface area contributed by atoms with E-state index in [9.17, 15) is 18.0 Å². The van der Waals surface area contributed by atoms with E-state index in [-0.39, 0.29) is 22.5 Å². The molecule has 11 heteroatoms. The minimum absolute atomic E-state index is 0.0698. The summed E-state index contributed by atoms with van der Waals surface area (Å²) in [7, 11) is 2.90. The maximum atomic E-state index is 13.4. The average molecular weight is 487 g/mol. The highest BCUT2D eigenvalue weighted by atomic mass is 32.2. The molecule has 0 aliphatic rings. The zero-order chi connectivity index (χ0) is 24.4. The second kappa shape index (κ2) is 12.6. The largest absolute Gasteiger partial charge is 0.493 e. The molecule has 0 saturated heterocycles. The average Bonchev–Trinajstić information content (AvgIpc) is 2.81. The Morgan fingerprint density at radius 1 is 1.09 bits per heavy atom. The van der Waals surface area contributed by atoms with Gasteiger partial charge >= 0.3 is 6.18 Å². The number of nitrogens with one attached hydrogen (secondary N) is 1. The number of hydrogen-bond acceptors (Lipinski definition) is 7. The molecular weight excluding hydrogens is 457 g/mol. The van der Waals surface area contributed by atoms with Crippen molar-refractivity contribution in [2.45, 2.75) is 31.6 Å². The number of benzene rings is 1. The molecule has 7 nitrogen and oxygen atoms in total. The Kier molecular flexibility index (Phi) is 10.2. The monoisotopic (exact) mass is 486 g/mol. The summed E-state index contributed by atoms with van der Waals surface area (Å²) in [6.07, 6.45) is -3.86. The van der Waals surface area contributed by atoms with E-state index < -0.39 is 11.9 Å². The fourth-order valence-corrected chi connectivity index (χ4v) is 3.72. The Hall–Kier alpha value is -2.53. The minimum Gasteiger partial charge on any atom is -0.493 e. The molecule has 0 fully saturated rings. The number of methoxy groups -OCH3 is 2. The first-order chi connectivity index (χ1) is 15.7. The maximum absolute atomic E-state index is 13.4. The van der Waals surface area contributed by atoms with Gasteiger partial charge in [-0.2, -0.15) is 13.2 Å². The van der Waals surface area contributed by atoms with Crippen molar-refractivity contribution in [1.29, 1.82) is 0 Å². The van der Waals surface area contributed by atoms with Crippen LogP contribution in [0.15, 0.2) is 29.4 Å². The molecule has 2 aromatic rings. The summed E-state index contributed by atoms with van der Waals surface area (Å²) in [5.74, 6) is 0.435. The van der Waals surface area contributed by atoms with E-state index in [1.807, 2.05) is 0 Å². The van der Waals surface area contributed by atoms with E-state index >= 15 is 0 Å². The number of amides is 1. The zero-order valence-electron chi connectivity index (χ0n) is 19.2. The fourth-order valence-electron chi connectivity index (χ4n) is 3.03. The van der Waals surface area contributed by atoms with E-state index in [0.29, 0.717) is 23.6 Å². The molecule has 1 aromatic carbocycles. The summed E-state index contributed by atoms with van der Waals surface area (Å²) < 4.78 is 50.7. The molecule has 2 rings (SSSR count). The van der Waals surface area contributed by atoms with Gasteiger partial charge in [-0.05, 0) is 50.3 Å². The Labute approximate surface area is 196 Å². The third-order valence-electron chi connectivity index (χ3n) is 4.88. The van der Waals surface area contributed by atoms with Crippen molar-refractivity contribution in [2.24, 2.45) is 0 Å². The lowest BCUT2D eigenvalue weighted by Crippen LogP contribution is -2.30. The van der Waals surface area contributed by atoms with Crippen LogP contribution in [-0.4, -0.2) is 66.9 Å². The minimum atomic E-state index is -4.66. The number of carbonyl (C=O) groups is 1. The summed E-state index contributed by atoms with van der Waals surface area (Å²) in [6.45, 7) is 7.39. The van der Waals surface area contributed by atoms with E-state index in [1.165, 1.54) is 14.2 Å². The molecule has 1 heterocycles. The van der Waals surface area contributed by atoms with E-state index in [2.05, 4.69) is 34.0 Å². The summed E-state index contributed by atoms with van der Waals surface area (Å²) in [5.41, 5.74) is -0.604. The second-order valence-electron chi connectivity index (χ2n) is 7.01. The van der Waals surface area contributed by atoms with Crippen LogP contribution in [0.2, 0.25) is 0 Å². The van der Waals surface area contributed by atoms with Crippen LogP contribution < -0.4 is 14.8 Å². The highest BCUT2D eigenvalue weighted by Gasteiger charge is 2.34. The van der Waals surface area contributed by atoms with Crippen molar-refractivity contribution in [2.75, 3.05) is 46.2 Å². The normalized spacial score (nSPS) is 11.5. The Bertz CT molecular complexity index is 924. The molecule has 1 aromatic heterocycles. The van der Waals surface area contributed by atoms with Gasteiger partial charge in [0.25, 0.3) is 0 Å². The lowest BCUT2D eigenvalue weighted by molar-refractivity contribution is -0.141. The molecule has 0 atom stereocenters. The van der Waals surface area contributed by atoms with Crippen LogP contribution in [0.25, 0.3) is 11.3 Å². The van der Waals surface area contributed by atoms with Gasteiger partial charge in [0, 0.05) is 12.1 Å². The van der Waals surface area contributed by atoms with Crippen LogP contribution in [0.1, 0.15) is 26.0 Å². The van der Waals surface area contributed by atoms with Gasteiger partial charge in [0.15, 0.2) is 16.7 Å². The molecule has 0 spiro atoms.